The van der Waals surface area contributed by atoms with E-state index in [1.807, 2.05) is 37.3 Å². The van der Waals surface area contributed by atoms with Crippen LogP contribution in [-0.2, 0) is 11.3 Å². The first-order valence-corrected chi connectivity index (χ1v) is 9.09. The van der Waals surface area contributed by atoms with E-state index in [0.29, 0.717) is 30.1 Å². The largest absolute Gasteiger partial charge is 0.390 e. The molecule has 0 radical (unpaired) electrons. The molecule has 0 aliphatic carbocycles. The van der Waals surface area contributed by atoms with Gasteiger partial charge in [-0.3, -0.25) is 5.32 Å². The fraction of sp³-hybridized carbons (Fsp3) is 0.350. The zero-order valence-corrected chi connectivity index (χ0v) is 16.2. The summed E-state index contributed by atoms with van der Waals surface area (Å²) in [5.74, 6) is 0.266. The van der Waals surface area contributed by atoms with E-state index in [1.54, 1.807) is 13.2 Å². The molecule has 0 spiro atoms. The van der Waals surface area contributed by atoms with Gasteiger partial charge in [-0.1, -0.05) is 30.3 Å². The number of pyridine rings is 1. The quantitative estimate of drug-likeness (QED) is 0.318. The number of nitrogens with zero attached hydrogens (tertiary/aromatic N) is 1. The molecule has 8 nitrogen and oxygen atoms in total. The predicted octanol–water partition coefficient (Wildman–Crippen LogP) is 2.90. The molecular formula is C20H27N5O3. The monoisotopic (exact) mass is 385 g/mol. The maximum absolute atomic E-state index is 12.3. The van der Waals surface area contributed by atoms with Crippen molar-refractivity contribution in [3.8, 4) is 0 Å². The highest BCUT2D eigenvalue weighted by Gasteiger charge is 2.14. The number of nitrogens with one attached hydrogen (secondary N) is 4. The highest BCUT2D eigenvalue weighted by molar-refractivity contribution is 5.92. The molecule has 28 heavy (non-hydrogen) atoms. The molecule has 0 saturated carbocycles. The van der Waals surface area contributed by atoms with Gasteiger partial charge >= 0.3 is 6.03 Å². The summed E-state index contributed by atoms with van der Waals surface area (Å²) in [6.07, 6.45) is 1.94. The van der Waals surface area contributed by atoms with Gasteiger partial charge in [0.15, 0.2) is 0 Å². The molecule has 1 atom stereocenters. The first-order chi connectivity index (χ1) is 13.6. The fourth-order valence-corrected chi connectivity index (χ4v) is 2.72. The summed E-state index contributed by atoms with van der Waals surface area (Å²) in [6, 6.07) is 10.6. The number of aromatic nitrogens is 1. The smallest absolute Gasteiger partial charge is 0.320 e. The van der Waals surface area contributed by atoms with E-state index in [4.69, 9.17) is 10.1 Å². The van der Waals surface area contributed by atoms with Crippen LogP contribution in [0.1, 0.15) is 36.2 Å². The Morgan fingerprint density at radius 3 is 2.75 bits per heavy atom. The Hall–Kier alpha value is -2.97. The molecule has 0 fully saturated rings. The lowest BCUT2D eigenvalue weighted by atomic mass is 10.1. The van der Waals surface area contributed by atoms with Crippen molar-refractivity contribution in [2.75, 3.05) is 30.9 Å². The lowest BCUT2D eigenvalue weighted by Crippen LogP contribution is -2.31. The minimum absolute atomic E-state index is 0.178. The summed E-state index contributed by atoms with van der Waals surface area (Å²) in [7, 11) is 1.63. The Bertz CT molecular complexity index is 783. The second-order valence-corrected chi connectivity index (χ2v) is 6.22. The van der Waals surface area contributed by atoms with Crippen LogP contribution in [0, 0.1) is 5.41 Å². The number of carbonyl (C=O) groups is 1. The number of aliphatic hydroxyl groups is 1. The number of hydrogen-bond donors (Lipinski definition) is 5. The van der Waals surface area contributed by atoms with Crippen molar-refractivity contribution in [3.63, 3.8) is 0 Å². The topological polar surface area (TPSA) is 119 Å². The van der Waals surface area contributed by atoms with Crippen LogP contribution >= 0.6 is 0 Å². The number of anilines is 2. The molecule has 0 aliphatic heterocycles. The number of urea groups is 1. The lowest BCUT2D eigenvalue weighted by Gasteiger charge is -2.17. The molecule has 0 saturated heterocycles. The number of amides is 2. The molecule has 150 valence electrons. The second-order valence-electron chi connectivity index (χ2n) is 6.22. The highest BCUT2D eigenvalue weighted by Crippen LogP contribution is 2.22. The van der Waals surface area contributed by atoms with Gasteiger partial charge in [0.25, 0.3) is 0 Å². The van der Waals surface area contributed by atoms with E-state index in [2.05, 4.69) is 20.9 Å². The number of ether oxygens (including phenoxy) is 1. The minimum atomic E-state index is -0.413. The molecular weight excluding hydrogens is 358 g/mol. The van der Waals surface area contributed by atoms with Crippen LogP contribution in [0.2, 0.25) is 0 Å². The van der Waals surface area contributed by atoms with Crippen molar-refractivity contribution in [1.82, 2.24) is 10.3 Å². The van der Waals surface area contributed by atoms with E-state index in [0.717, 1.165) is 18.2 Å². The average Bonchev–Trinajstić information content (AvgIpc) is 2.71. The molecule has 8 heteroatoms. The van der Waals surface area contributed by atoms with Gasteiger partial charge < -0.3 is 25.9 Å². The van der Waals surface area contributed by atoms with Gasteiger partial charge in [0, 0.05) is 32.0 Å². The molecule has 1 aromatic carbocycles. The minimum Gasteiger partial charge on any atom is -0.390 e. The molecule has 0 aliphatic rings. The maximum atomic E-state index is 12.3. The van der Waals surface area contributed by atoms with Gasteiger partial charge in [-0.05, 0) is 25.0 Å². The zero-order valence-electron chi connectivity index (χ0n) is 16.2. The first kappa shape index (κ1) is 21.3. The normalized spacial score (nSPS) is 11.5. The average molecular weight is 385 g/mol. The molecule has 0 unspecified atom stereocenters. The van der Waals surface area contributed by atoms with Gasteiger partial charge in [-0.25, -0.2) is 9.78 Å². The SMILES string of the molecule is COCCCNc1c(C=N)cc(NC(=O)N[C@H](C)c2ccccc2)nc1CO. The summed E-state index contributed by atoms with van der Waals surface area (Å²) in [5, 5.41) is 26.0. The first-order valence-electron chi connectivity index (χ1n) is 9.09. The number of methoxy groups -OCH3 is 1. The van der Waals surface area contributed by atoms with Crippen LogP contribution in [0.3, 0.4) is 0 Å². The molecule has 0 bridgehead atoms. The third-order valence-corrected chi connectivity index (χ3v) is 4.15. The van der Waals surface area contributed by atoms with Gasteiger partial charge in [0.05, 0.1) is 24.0 Å². The summed E-state index contributed by atoms with van der Waals surface area (Å²) in [5.41, 5.74) is 2.46. The van der Waals surface area contributed by atoms with Crippen molar-refractivity contribution in [2.24, 2.45) is 0 Å². The van der Waals surface area contributed by atoms with E-state index in [1.165, 1.54) is 0 Å². The van der Waals surface area contributed by atoms with Gasteiger partial charge in [-0.15, -0.1) is 0 Å². The molecule has 2 amide bonds. The molecule has 1 heterocycles. The van der Waals surface area contributed by atoms with Crippen molar-refractivity contribution in [1.29, 1.82) is 5.41 Å². The Kier molecular flexibility index (Phi) is 8.38. The number of hydrogen-bond acceptors (Lipinski definition) is 6. The van der Waals surface area contributed by atoms with Crippen molar-refractivity contribution >= 4 is 23.8 Å². The standard InChI is InChI=1S/C20H27N5O3/c1-14(15-7-4-3-5-8-15)23-20(27)25-18-11-16(12-21)19(17(13-26)24-18)22-9-6-10-28-2/h3-5,7-8,11-12,14,21-22,26H,6,9-10,13H2,1-2H3,(H2,23,24,25,27)/t14-/m1/s1. The van der Waals surface area contributed by atoms with Crippen LogP contribution in [0.4, 0.5) is 16.3 Å². The number of carbonyl (C=O) groups excluding carboxylic acids is 1. The molecule has 1 aromatic heterocycles. The molecule has 2 aromatic rings. The van der Waals surface area contributed by atoms with Crippen molar-refractivity contribution in [2.45, 2.75) is 26.0 Å². The molecule has 5 N–H and O–H groups in total. The van der Waals surface area contributed by atoms with Crippen LogP contribution in [0.25, 0.3) is 0 Å². The van der Waals surface area contributed by atoms with Crippen LogP contribution in [-0.4, -0.2) is 42.6 Å². The summed E-state index contributed by atoms with van der Waals surface area (Å²) in [4.78, 5) is 16.6. The van der Waals surface area contributed by atoms with Crippen LogP contribution < -0.4 is 16.0 Å². The van der Waals surface area contributed by atoms with E-state index in [-0.39, 0.29) is 18.5 Å². The maximum Gasteiger partial charge on any atom is 0.320 e. The zero-order chi connectivity index (χ0) is 20.4. The van der Waals surface area contributed by atoms with Gasteiger partial charge in [0.2, 0.25) is 0 Å². The number of rotatable bonds is 10. The van der Waals surface area contributed by atoms with E-state index >= 15 is 0 Å². The van der Waals surface area contributed by atoms with Gasteiger partial charge in [0.1, 0.15) is 5.82 Å². The van der Waals surface area contributed by atoms with E-state index in [9.17, 15) is 9.90 Å². The Labute approximate surface area is 164 Å². The fourth-order valence-electron chi connectivity index (χ4n) is 2.72. The Morgan fingerprint density at radius 2 is 2.11 bits per heavy atom. The Balaban J connectivity index is 2.08. The third-order valence-electron chi connectivity index (χ3n) is 4.15. The number of aliphatic hydroxyl groups excluding tert-OH is 1. The third kappa shape index (κ3) is 6.04. The predicted molar refractivity (Wildman–Crippen MR) is 110 cm³/mol. The highest BCUT2D eigenvalue weighted by atomic mass is 16.5. The van der Waals surface area contributed by atoms with Crippen LogP contribution in [0.15, 0.2) is 36.4 Å². The van der Waals surface area contributed by atoms with Crippen molar-refractivity contribution < 1.29 is 14.6 Å². The van der Waals surface area contributed by atoms with Gasteiger partial charge in [-0.2, -0.15) is 0 Å². The Morgan fingerprint density at radius 1 is 1.36 bits per heavy atom. The lowest BCUT2D eigenvalue weighted by molar-refractivity contribution is 0.197. The molecule has 2 rings (SSSR count). The second kappa shape index (κ2) is 11.0. The van der Waals surface area contributed by atoms with E-state index < -0.39 is 6.03 Å². The summed E-state index contributed by atoms with van der Waals surface area (Å²) >= 11 is 0. The summed E-state index contributed by atoms with van der Waals surface area (Å²) < 4.78 is 5.02. The van der Waals surface area contributed by atoms with Crippen molar-refractivity contribution in [3.05, 3.63) is 53.2 Å². The number of benzene rings is 1. The van der Waals surface area contributed by atoms with Crippen LogP contribution in [0.5, 0.6) is 0 Å². The summed E-state index contributed by atoms with van der Waals surface area (Å²) in [6.45, 7) is 2.79.